The monoisotopic (exact) mass is 366 g/mol. The van der Waals surface area contributed by atoms with Gasteiger partial charge in [-0.1, -0.05) is 43.3 Å². The van der Waals surface area contributed by atoms with Crippen molar-refractivity contribution in [3.8, 4) is 0 Å². The number of rotatable bonds is 4. The summed E-state index contributed by atoms with van der Waals surface area (Å²) in [7, 11) is 0. The summed E-state index contributed by atoms with van der Waals surface area (Å²) < 4.78 is 0. The molecule has 0 unspecified atom stereocenters. The van der Waals surface area contributed by atoms with E-state index in [0.29, 0.717) is 38.8 Å². The minimum Gasteiger partial charge on any atom is -0.385 e. The van der Waals surface area contributed by atoms with Gasteiger partial charge in [-0.15, -0.1) is 0 Å². The molecule has 0 bridgehead atoms. The Morgan fingerprint density at radius 2 is 1.85 bits per heavy atom. The maximum atomic E-state index is 11.6. The fourth-order valence-electron chi connectivity index (χ4n) is 4.37. The van der Waals surface area contributed by atoms with Crippen LogP contribution in [0.2, 0.25) is 0 Å². The van der Waals surface area contributed by atoms with Crippen LogP contribution in [-0.2, 0) is 22.5 Å². The van der Waals surface area contributed by atoms with Gasteiger partial charge in [-0.05, 0) is 48.1 Å². The molecule has 2 aliphatic rings. The Morgan fingerprint density at radius 1 is 1.15 bits per heavy atom. The van der Waals surface area contributed by atoms with Crippen LogP contribution in [0.15, 0.2) is 48.5 Å². The fraction of sp³-hybridized carbons (Fsp3) is 0.409. The number of nitrogens with zero attached hydrogens (tertiary/aromatic N) is 1. The van der Waals surface area contributed by atoms with E-state index in [-0.39, 0.29) is 5.91 Å². The maximum Gasteiger partial charge on any atom is 0.228 e. The zero-order valence-corrected chi connectivity index (χ0v) is 15.6. The molecule has 1 fully saturated rings. The Morgan fingerprint density at radius 3 is 2.52 bits per heavy atom. The van der Waals surface area contributed by atoms with Gasteiger partial charge in [0.25, 0.3) is 0 Å². The summed E-state index contributed by atoms with van der Waals surface area (Å²) >= 11 is 0. The van der Waals surface area contributed by atoms with Crippen LogP contribution < -0.4 is 5.32 Å². The number of piperidine rings is 1. The second-order valence-corrected chi connectivity index (χ2v) is 7.65. The van der Waals surface area contributed by atoms with Crippen LogP contribution >= 0.6 is 0 Å². The van der Waals surface area contributed by atoms with Gasteiger partial charge < -0.3 is 15.5 Å². The third-order valence-electron chi connectivity index (χ3n) is 6.11. The van der Waals surface area contributed by atoms with Crippen LogP contribution in [0.25, 0.3) is 0 Å². The zero-order chi connectivity index (χ0) is 19.1. The molecule has 2 aromatic rings. The van der Waals surface area contributed by atoms with E-state index in [1.165, 1.54) is 0 Å². The van der Waals surface area contributed by atoms with Gasteiger partial charge in [0.15, 0.2) is 0 Å². The summed E-state index contributed by atoms with van der Waals surface area (Å²) in [5.41, 5.74) is 1.57. The van der Waals surface area contributed by atoms with E-state index in [4.69, 9.17) is 0 Å². The fourth-order valence-corrected chi connectivity index (χ4v) is 4.37. The van der Waals surface area contributed by atoms with Crippen molar-refractivity contribution in [2.75, 3.05) is 18.4 Å². The molecule has 2 aliphatic heterocycles. The third kappa shape index (κ3) is 3.16. The lowest BCUT2D eigenvalue weighted by Crippen LogP contribution is -2.52. The van der Waals surface area contributed by atoms with E-state index in [1.807, 2.05) is 55.5 Å². The van der Waals surface area contributed by atoms with Crippen molar-refractivity contribution in [2.24, 2.45) is 0 Å². The van der Waals surface area contributed by atoms with Gasteiger partial charge in [-0.2, -0.15) is 0 Å². The number of aliphatic hydroxyl groups is 2. The Kier molecular flexibility index (Phi) is 4.54. The topological polar surface area (TPSA) is 72.8 Å². The van der Waals surface area contributed by atoms with Gasteiger partial charge in [-0.25, -0.2) is 0 Å². The van der Waals surface area contributed by atoms with Crippen LogP contribution in [0.3, 0.4) is 0 Å². The van der Waals surface area contributed by atoms with E-state index in [0.717, 1.165) is 22.4 Å². The highest BCUT2D eigenvalue weighted by molar-refractivity contribution is 5.99. The molecule has 4 rings (SSSR count). The molecule has 0 aliphatic carbocycles. The number of carbonyl (C=O) groups is 1. The first-order chi connectivity index (χ1) is 12.9. The molecule has 1 atom stereocenters. The first-order valence-electron chi connectivity index (χ1n) is 9.63. The van der Waals surface area contributed by atoms with Crippen LogP contribution in [0.5, 0.6) is 0 Å². The predicted molar refractivity (Wildman–Crippen MR) is 104 cm³/mol. The molecule has 142 valence electrons. The number of amides is 1. The Balaban J connectivity index is 1.55. The summed E-state index contributed by atoms with van der Waals surface area (Å²) in [6.45, 7) is 3.17. The van der Waals surface area contributed by atoms with E-state index in [1.54, 1.807) is 0 Å². The van der Waals surface area contributed by atoms with Gasteiger partial charge in [0.1, 0.15) is 5.72 Å². The van der Waals surface area contributed by atoms with Crippen LogP contribution in [0, 0.1) is 0 Å². The van der Waals surface area contributed by atoms with Gasteiger partial charge in [0, 0.05) is 18.8 Å². The molecule has 1 amide bonds. The molecule has 1 saturated heterocycles. The smallest absolute Gasteiger partial charge is 0.228 e. The van der Waals surface area contributed by atoms with Gasteiger partial charge in [0.2, 0.25) is 5.91 Å². The number of hydrogen-bond donors (Lipinski definition) is 3. The molecule has 0 spiro atoms. The second-order valence-electron chi connectivity index (χ2n) is 7.65. The van der Waals surface area contributed by atoms with Gasteiger partial charge in [0.05, 0.1) is 12.0 Å². The van der Waals surface area contributed by atoms with E-state index < -0.39 is 11.3 Å². The zero-order valence-electron chi connectivity index (χ0n) is 15.6. The lowest BCUT2D eigenvalue weighted by Gasteiger charge is -2.46. The number of benzene rings is 2. The lowest BCUT2D eigenvalue weighted by molar-refractivity contribution is -0.153. The molecule has 2 aromatic carbocycles. The van der Waals surface area contributed by atoms with Crippen molar-refractivity contribution in [3.63, 3.8) is 0 Å². The Labute approximate surface area is 159 Å². The average Bonchev–Trinajstić information content (AvgIpc) is 3.08. The molecule has 5 heteroatoms. The molecule has 0 radical (unpaired) electrons. The minimum atomic E-state index is -1.10. The number of carbonyl (C=O) groups excluding carboxylic acids is 1. The highest BCUT2D eigenvalue weighted by Crippen LogP contribution is 2.39. The van der Waals surface area contributed by atoms with Crippen molar-refractivity contribution in [1.82, 2.24) is 4.90 Å². The van der Waals surface area contributed by atoms with Crippen LogP contribution in [0.4, 0.5) is 5.69 Å². The highest BCUT2D eigenvalue weighted by atomic mass is 16.3. The molecule has 27 heavy (non-hydrogen) atoms. The molecular weight excluding hydrogens is 340 g/mol. The van der Waals surface area contributed by atoms with Crippen molar-refractivity contribution < 1.29 is 15.0 Å². The lowest BCUT2D eigenvalue weighted by atomic mass is 9.83. The summed E-state index contributed by atoms with van der Waals surface area (Å²) in [5, 5.41) is 25.4. The Bertz CT molecular complexity index is 844. The quantitative estimate of drug-likeness (QED) is 0.778. The number of anilines is 1. The summed E-state index contributed by atoms with van der Waals surface area (Å²) in [6, 6.07) is 15.5. The molecule has 2 heterocycles. The van der Waals surface area contributed by atoms with Gasteiger partial charge in [-0.3, -0.25) is 9.69 Å². The van der Waals surface area contributed by atoms with Crippen molar-refractivity contribution in [1.29, 1.82) is 0 Å². The highest BCUT2D eigenvalue weighted by Gasteiger charge is 2.42. The second kappa shape index (κ2) is 6.75. The van der Waals surface area contributed by atoms with E-state index in [9.17, 15) is 15.0 Å². The predicted octanol–water partition coefficient (Wildman–Crippen LogP) is 2.72. The number of fused-ring (bicyclic) bond motifs is 1. The van der Waals surface area contributed by atoms with Crippen molar-refractivity contribution >= 4 is 11.6 Å². The normalized spacial score (nSPS) is 21.4. The number of nitrogens with one attached hydrogen (secondary N) is 1. The standard InChI is InChI=1S/C22H26N2O3/c1-2-22(27,18-8-9-19-16(14-18)15-20(25)23-19)24-12-10-21(26,11-13-24)17-6-4-3-5-7-17/h3-9,14,26-27H,2,10-13,15H2,1H3,(H,23,25)/t22-/m0/s1. The maximum absolute atomic E-state index is 11.6. The largest absolute Gasteiger partial charge is 0.385 e. The molecule has 0 saturated carbocycles. The minimum absolute atomic E-state index is 0.00640. The third-order valence-corrected chi connectivity index (χ3v) is 6.11. The Hall–Kier alpha value is -2.21. The molecular formula is C22H26N2O3. The van der Waals surface area contributed by atoms with Crippen LogP contribution in [0.1, 0.15) is 42.9 Å². The van der Waals surface area contributed by atoms with E-state index in [2.05, 4.69) is 10.2 Å². The van der Waals surface area contributed by atoms with E-state index >= 15 is 0 Å². The van der Waals surface area contributed by atoms with Crippen molar-refractivity contribution in [3.05, 3.63) is 65.2 Å². The summed E-state index contributed by atoms with van der Waals surface area (Å²) in [6.07, 6.45) is 2.04. The van der Waals surface area contributed by atoms with Crippen molar-refractivity contribution in [2.45, 2.75) is 43.9 Å². The summed E-state index contributed by atoms with van der Waals surface area (Å²) in [4.78, 5) is 13.7. The first kappa shape index (κ1) is 18.2. The summed E-state index contributed by atoms with van der Waals surface area (Å²) in [5.74, 6) is -0.00640. The number of likely N-dealkylation sites (tertiary alicyclic amines) is 1. The average molecular weight is 366 g/mol. The molecule has 3 N–H and O–H groups in total. The number of hydrogen-bond acceptors (Lipinski definition) is 4. The molecule has 0 aromatic heterocycles. The molecule has 5 nitrogen and oxygen atoms in total. The van der Waals surface area contributed by atoms with Crippen LogP contribution in [-0.4, -0.2) is 34.1 Å². The first-order valence-corrected chi connectivity index (χ1v) is 9.63. The van der Waals surface area contributed by atoms with Gasteiger partial charge >= 0.3 is 0 Å². The SMILES string of the molecule is CC[C@](O)(c1ccc2c(c1)CC(=O)N2)N1CCC(O)(c2ccccc2)CC1.